The Balaban J connectivity index is 2.60. The second-order valence-corrected chi connectivity index (χ2v) is 5.26. The monoisotopic (exact) mass is 265 g/mol. The Morgan fingerprint density at radius 2 is 2.21 bits per heavy atom. The molecule has 0 saturated carbocycles. The summed E-state index contributed by atoms with van der Waals surface area (Å²) in [6.07, 6.45) is 4.16. The van der Waals surface area contributed by atoms with E-state index in [-0.39, 0.29) is 11.3 Å². The third kappa shape index (κ3) is 4.87. The first-order valence-corrected chi connectivity index (χ1v) is 6.39. The number of nitrogens with zero attached hydrogens (tertiary/aromatic N) is 1. The van der Waals surface area contributed by atoms with Crippen LogP contribution in [0.3, 0.4) is 0 Å². The minimum atomic E-state index is -0.0859. The number of aromatic nitrogens is 1. The molecular formula is C14H23N3O2. The van der Waals surface area contributed by atoms with Crippen LogP contribution in [0.15, 0.2) is 18.5 Å². The van der Waals surface area contributed by atoms with Gasteiger partial charge in [0.15, 0.2) is 0 Å². The second kappa shape index (κ2) is 7.09. The van der Waals surface area contributed by atoms with Crippen molar-refractivity contribution in [1.29, 1.82) is 0 Å². The summed E-state index contributed by atoms with van der Waals surface area (Å²) in [6, 6.07) is 1.71. The van der Waals surface area contributed by atoms with Gasteiger partial charge in [-0.05, 0) is 17.9 Å². The molecule has 1 heterocycles. The second-order valence-electron chi connectivity index (χ2n) is 5.26. The Hall–Kier alpha value is -1.62. The van der Waals surface area contributed by atoms with Crippen molar-refractivity contribution in [3.63, 3.8) is 0 Å². The fourth-order valence-corrected chi connectivity index (χ4v) is 1.67. The van der Waals surface area contributed by atoms with E-state index in [1.807, 2.05) is 0 Å². The smallest absolute Gasteiger partial charge is 0.253 e. The number of hydrogen-bond donors (Lipinski definition) is 2. The first-order chi connectivity index (χ1) is 9.00. The number of carbonyl (C=O) groups excluding carboxylic acids is 1. The molecule has 2 N–H and O–H groups in total. The molecule has 0 bridgehead atoms. The molecule has 0 spiro atoms. The zero-order valence-electron chi connectivity index (χ0n) is 12.1. The maximum Gasteiger partial charge on any atom is 0.253 e. The van der Waals surface area contributed by atoms with Gasteiger partial charge in [-0.25, -0.2) is 0 Å². The molecule has 0 atom stereocenters. The zero-order chi connectivity index (χ0) is 14.3. The SMILES string of the molecule is CNc1cnccc1C(=O)NCC(C)(C)CCOC. The summed E-state index contributed by atoms with van der Waals surface area (Å²) in [6.45, 7) is 5.52. The third-order valence-electron chi connectivity index (χ3n) is 3.05. The molecule has 5 heteroatoms. The molecule has 0 radical (unpaired) electrons. The van der Waals surface area contributed by atoms with Crippen molar-refractivity contribution in [2.75, 3.05) is 32.6 Å². The van der Waals surface area contributed by atoms with E-state index in [1.165, 1.54) is 0 Å². The molecule has 1 aromatic heterocycles. The van der Waals surface area contributed by atoms with E-state index in [2.05, 4.69) is 29.5 Å². The molecule has 19 heavy (non-hydrogen) atoms. The lowest BCUT2D eigenvalue weighted by molar-refractivity contribution is 0.0921. The maximum absolute atomic E-state index is 12.1. The van der Waals surface area contributed by atoms with Crippen LogP contribution in [0.2, 0.25) is 0 Å². The number of carbonyl (C=O) groups is 1. The van der Waals surface area contributed by atoms with Crippen LogP contribution in [0.25, 0.3) is 0 Å². The van der Waals surface area contributed by atoms with Gasteiger partial charge in [0.05, 0.1) is 17.4 Å². The van der Waals surface area contributed by atoms with Crippen LogP contribution < -0.4 is 10.6 Å². The summed E-state index contributed by atoms with van der Waals surface area (Å²) in [4.78, 5) is 16.1. The van der Waals surface area contributed by atoms with Gasteiger partial charge in [0.1, 0.15) is 0 Å². The molecule has 1 amide bonds. The van der Waals surface area contributed by atoms with E-state index in [4.69, 9.17) is 4.74 Å². The van der Waals surface area contributed by atoms with Gasteiger partial charge in [0.25, 0.3) is 5.91 Å². The summed E-state index contributed by atoms with van der Waals surface area (Å²) in [7, 11) is 3.46. The average molecular weight is 265 g/mol. The van der Waals surface area contributed by atoms with Crippen molar-refractivity contribution < 1.29 is 9.53 Å². The number of amides is 1. The van der Waals surface area contributed by atoms with E-state index >= 15 is 0 Å². The molecule has 0 aliphatic heterocycles. The molecule has 1 aromatic rings. The van der Waals surface area contributed by atoms with Gasteiger partial charge < -0.3 is 15.4 Å². The van der Waals surface area contributed by atoms with Gasteiger partial charge in [-0.1, -0.05) is 13.8 Å². The van der Waals surface area contributed by atoms with Crippen LogP contribution in [-0.4, -0.2) is 38.2 Å². The summed E-state index contributed by atoms with van der Waals surface area (Å²) in [5.74, 6) is -0.0859. The minimum absolute atomic E-state index is 0.0124. The van der Waals surface area contributed by atoms with Gasteiger partial charge in [-0.3, -0.25) is 9.78 Å². The minimum Gasteiger partial charge on any atom is -0.386 e. The van der Waals surface area contributed by atoms with E-state index in [1.54, 1.807) is 32.6 Å². The van der Waals surface area contributed by atoms with Crippen molar-refractivity contribution in [3.05, 3.63) is 24.0 Å². The Kier molecular flexibility index (Phi) is 5.76. The number of pyridine rings is 1. The van der Waals surface area contributed by atoms with Crippen LogP contribution in [0, 0.1) is 5.41 Å². The Morgan fingerprint density at radius 1 is 1.47 bits per heavy atom. The molecule has 0 aromatic carbocycles. The molecule has 0 aliphatic carbocycles. The summed E-state index contributed by atoms with van der Waals surface area (Å²) >= 11 is 0. The maximum atomic E-state index is 12.1. The van der Waals surface area contributed by atoms with Crippen molar-refractivity contribution in [1.82, 2.24) is 10.3 Å². The van der Waals surface area contributed by atoms with Crippen LogP contribution in [0.4, 0.5) is 5.69 Å². The molecule has 106 valence electrons. The average Bonchev–Trinajstić information content (AvgIpc) is 2.42. The quantitative estimate of drug-likeness (QED) is 0.790. The standard InChI is InChI=1S/C14H23N3O2/c1-14(2,6-8-19-4)10-17-13(18)11-5-7-16-9-12(11)15-3/h5,7,9,15H,6,8,10H2,1-4H3,(H,17,18). The number of hydrogen-bond acceptors (Lipinski definition) is 4. The first-order valence-electron chi connectivity index (χ1n) is 6.39. The fraction of sp³-hybridized carbons (Fsp3) is 0.571. The number of anilines is 1. The molecule has 0 fully saturated rings. The van der Waals surface area contributed by atoms with Crippen LogP contribution in [0.5, 0.6) is 0 Å². The molecule has 0 unspecified atom stereocenters. The van der Waals surface area contributed by atoms with Crippen molar-refractivity contribution in [2.24, 2.45) is 5.41 Å². The molecular weight excluding hydrogens is 242 g/mol. The van der Waals surface area contributed by atoms with Gasteiger partial charge >= 0.3 is 0 Å². The highest BCUT2D eigenvalue weighted by atomic mass is 16.5. The first kappa shape index (κ1) is 15.4. The van der Waals surface area contributed by atoms with E-state index in [0.717, 1.165) is 12.1 Å². The Bertz CT molecular complexity index is 419. The largest absolute Gasteiger partial charge is 0.386 e. The predicted octanol–water partition coefficient (Wildman–Crippen LogP) is 1.92. The van der Waals surface area contributed by atoms with Gasteiger partial charge in [-0.2, -0.15) is 0 Å². The number of methoxy groups -OCH3 is 1. The summed E-state index contributed by atoms with van der Waals surface area (Å²) < 4.78 is 5.07. The molecule has 1 rings (SSSR count). The van der Waals surface area contributed by atoms with Crippen molar-refractivity contribution in [3.8, 4) is 0 Å². The third-order valence-corrected chi connectivity index (χ3v) is 3.05. The highest BCUT2D eigenvalue weighted by Gasteiger charge is 2.19. The van der Waals surface area contributed by atoms with E-state index in [9.17, 15) is 4.79 Å². The van der Waals surface area contributed by atoms with E-state index < -0.39 is 0 Å². The van der Waals surface area contributed by atoms with Crippen LogP contribution in [0.1, 0.15) is 30.6 Å². The highest BCUT2D eigenvalue weighted by Crippen LogP contribution is 2.19. The lowest BCUT2D eigenvalue weighted by Crippen LogP contribution is -2.35. The van der Waals surface area contributed by atoms with Gasteiger partial charge in [-0.15, -0.1) is 0 Å². The Labute approximate surface area is 114 Å². The number of rotatable bonds is 7. The lowest BCUT2D eigenvalue weighted by atomic mass is 9.89. The fourth-order valence-electron chi connectivity index (χ4n) is 1.67. The van der Waals surface area contributed by atoms with Gasteiger partial charge in [0, 0.05) is 33.5 Å². The Morgan fingerprint density at radius 3 is 2.84 bits per heavy atom. The van der Waals surface area contributed by atoms with E-state index in [0.29, 0.717) is 18.7 Å². The van der Waals surface area contributed by atoms with Crippen LogP contribution in [-0.2, 0) is 4.74 Å². The molecule has 0 aliphatic rings. The van der Waals surface area contributed by atoms with Crippen molar-refractivity contribution in [2.45, 2.75) is 20.3 Å². The normalized spacial score (nSPS) is 11.2. The highest BCUT2D eigenvalue weighted by molar-refractivity contribution is 5.99. The molecule has 5 nitrogen and oxygen atoms in total. The lowest BCUT2D eigenvalue weighted by Gasteiger charge is -2.24. The summed E-state index contributed by atoms with van der Waals surface area (Å²) in [5.41, 5.74) is 1.35. The zero-order valence-corrected chi connectivity index (χ0v) is 12.1. The van der Waals surface area contributed by atoms with Crippen molar-refractivity contribution >= 4 is 11.6 Å². The topological polar surface area (TPSA) is 63.2 Å². The predicted molar refractivity (Wildman–Crippen MR) is 76.4 cm³/mol. The van der Waals surface area contributed by atoms with Gasteiger partial charge in [0.2, 0.25) is 0 Å². The number of nitrogens with one attached hydrogen (secondary N) is 2. The molecule has 0 saturated heterocycles. The summed E-state index contributed by atoms with van der Waals surface area (Å²) in [5, 5.41) is 5.93. The number of ether oxygens (including phenoxy) is 1. The van der Waals surface area contributed by atoms with Crippen LogP contribution >= 0.6 is 0 Å².